The normalized spacial score (nSPS) is 13.3. The summed E-state index contributed by atoms with van der Waals surface area (Å²) in [7, 11) is 3.95. The summed E-state index contributed by atoms with van der Waals surface area (Å²) in [6.45, 7) is 0. The van der Waals surface area contributed by atoms with E-state index in [1.54, 1.807) is 18.2 Å². The standard InChI is InChI=1S/C21H21NO2/c1-22(2)18-14-12-17(13-15-18)21(24,16-8-4-3-5-9-16)19-10-6-7-11-20(19)23/h3-15,23-24H,1-2H3. The molecule has 3 aromatic carbocycles. The van der Waals surface area contributed by atoms with Gasteiger partial charge in [-0.2, -0.15) is 0 Å². The Morgan fingerprint density at radius 2 is 1.25 bits per heavy atom. The highest BCUT2D eigenvalue weighted by atomic mass is 16.3. The maximum absolute atomic E-state index is 11.7. The van der Waals surface area contributed by atoms with E-state index in [0.29, 0.717) is 16.7 Å². The van der Waals surface area contributed by atoms with Crippen molar-refractivity contribution in [3.63, 3.8) is 0 Å². The van der Waals surface area contributed by atoms with Crippen molar-refractivity contribution in [3.8, 4) is 5.75 Å². The molecule has 0 aromatic heterocycles. The van der Waals surface area contributed by atoms with Gasteiger partial charge in [0.15, 0.2) is 0 Å². The van der Waals surface area contributed by atoms with Gasteiger partial charge in [-0.25, -0.2) is 0 Å². The van der Waals surface area contributed by atoms with Crippen LogP contribution in [-0.2, 0) is 5.60 Å². The molecule has 0 aliphatic rings. The van der Waals surface area contributed by atoms with E-state index in [2.05, 4.69) is 0 Å². The Balaban J connectivity index is 2.21. The molecule has 1 atom stereocenters. The smallest absolute Gasteiger partial charge is 0.144 e. The highest BCUT2D eigenvalue weighted by Crippen LogP contribution is 2.40. The number of aliphatic hydroxyl groups is 1. The van der Waals surface area contributed by atoms with Crippen LogP contribution < -0.4 is 4.90 Å². The van der Waals surface area contributed by atoms with Gasteiger partial charge in [-0.3, -0.25) is 0 Å². The molecule has 24 heavy (non-hydrogen) atoms. The van der Waals surface area contributed by atoms with Gasteiger partial charge < -0.3 is 15.1 Å². The van der Waals surface area contributed by atoms with E-state index >= 15 is 0 Å². The van der Waals surface area contributed by atoms with Gasteiger partial charge >= 0.3 is 0 Å². The molecule has 0 aliphatic carbocycles. The molecular weight excluding hydrogens is 298 g/mol. The number of rotatable bonds is 4. The van der Waals surface area contributed by atoms with Crippen molar-refractivity contribution < 1.29 is 10.2 Å². The van der Waals surface area contributed by atoms with Crippen LogP contribution in [0.5, 0.6) is 5.75 Å². The van der Waals surface area contributed by atoms with Crippen molar-refractivity contribution >= 4 is 5.69 Å². The summed E-state index contributed by atoms with van der Waals surface area (Å²) in [5.74, 6) is 0.0699. The number of hydrogen-bond donors (Lipinski definition) is 2. The second kappa shape index (κ2) is 6.38. The van der Waals surface area contributed by atoms with Gasteiger partial charge in [-0.1, -0.05) is 60.7 Å². The molecule has 0 bridgehead atoms. The van der Waals surface area contributed by atoms with Crippen LogP contribution in [0.3, 0.4) is 0 Å². The third-order valence-corrected chi connectivity index (χ3v) is 4.29. The zero-order chi connectivity index (χ0) is 17.2. The quantitative estimate of drug-likeness (QED) is 0.720. The summed E-state index contributed by atoms with van der Waals surface area (Å²) in [6, 6.07) is 24.0. The lowest BCUT2D eigenvalue weighted by molar-refractivity contribution is 0.122. The fourth-order valence-corrected chi connectivity index (χ4v) is 2.94. The Kier molecular flexibility index (Phi) is 4.28. The number of benzene rings is 3. The lowest BCUT2D eigenvalue weighted by atomic mass is 9.80. The lowest BCUT2D eigenvalue weighted by Crippen LogP contribution is -2.29. The predicted molar refractivity (Wildman–Crippen MR) is 97.4 cm³/mol. The summed E-state index contributed by atoms with van der Waals surface area (Å²) in [5.41, 5.74) is 1.52. The van der Waals surface area contributed by atoms with E-state index in [4.69, 9.17) is 0 Å². The molecule has 3 nitrogen and oxygen atoms in total. The number of phenolic OH excluding ortho intramolecular Hbond substituents is 1. The largest absolute Gasteiger partial charge is 0.508 e. The number of phenols is 1. The van der Waals surface area contributed by atoms with Crippen LogP contribution in [0.4, 0.5) is 5.69 Å². The van der Waals surface area contributed by atoms with E-state index in [1.165, 1.54) is 0 Å². The molecule has 0 fully saturated rings. The first kappa shape index (κ1) is 16.1. The first-order chi connectivity index (χ1) is 11.5. The van der Waals surface area contributed by atoms with Crippen LogP contribution >= 0.6 is 0 Å². The summed E-state index contributed by atoms with van der Waals surface area (Å²) < 4.78 is 0. The van der Waals surface area contributed by atoms with Gasteiger partial charge in [0.2, 0.25) is 0 Å². The summed E-state index contributed by atoms with van der Waals surface area (Å²) >= 11 is 0. The van der Waals surface area contributed by atoms with E-state index < -0.39 is 5.60 Å². The maximum atomic E-state index is 11.7. The highest BCUT2D eigenvalue weighted by molar-refractivity contribution is 5.55. The first-order valence-electron chi connectivity index (χ1n) is 7.87. The number of para-hydroxylation sites is 1. The third-order valence-electron chi connectivity index (χ3n) is 4.29. The molecule has 0 radical (unpaired) electrons. The van der Waals surface area contributed by atoms with Crippen molar-refractivity contribution in [1.82, 2.24) is 0 Å². The molecule has 0 aliphatic heterocycles. The van der Waals surface area contributed by atoms with Gasteiger partial charge in [-0.05, 0) is 29.3 Å². The summed E-state index contributed by atoms with van der Waals surface area (Å²) in [6.07, 6.45) is 0. The molecule has 0 saturated carbocycles. The molecular formula is C21H21NO2. The van der Waals surface area contributed by atoms with Gasteiger partial charge in [0.1, 0.15) is 11.4 Å². The van der Waals surface area contributed by atoms with Gasteiger partial charge in [0.25, 0.3) is 0 Å². The molecule has 122 valence electrons. The minimum Gasteiger partial charge on any atom is -0.508 e. The molecule has 2 N–H and O–H groups in total. The Bertz CT molecular complexity index is 813. The second-order valence-electron chi connectivity index (χ2n) is 6.03. The SMILES string of the molecule is CN(C)c1ccc(C(O)(c2ccccc2)c2ccccc2O)cc1. The Morgan fingerprint density at radius 1 is 0.708 bits per heavy atom. The summed E-state index contributed by atoms with van der Waals surface area (Å²) in [4.78, 5) is 2.01. The van der Waals surface area contributed by atoms with E-state index in [9.17, 15) is 10.2 Å². The number of aromatic hydroxyl groups is 1. The first-order valence-corrected chi connectivity index (χ1v) is 7.87. The van der Waals surface area contributed by atoms with Crippen LogP contribution in [0, 0.1) is 0 Å². The van der Waals surface area contributed by atoms with E-state index in [0.717, 1.165) is 5.69 Å². The third kappa shape index (κ3) is 2.74. The highest BCUT2D eigenvalue weighted by Gasteiger charge is 2.35. The predicted octanol–water partition coefficient (Wildman–Crippen LogP) is 3.74. The average molecular weight is 319 g/mol. The molecule has 0 heterocycles. The zero-order valence-corrected chi connectivity index (χ0v) is 13.8. The molecule has 3 rings (SSSR count). The van der Waals surface area contributed by atoms with E-state index in [1.807, 2.05) is 79.7 Å². The van der Waals surface area contributed by atoms with Crippen LogP contribution in [0.2, 0.25) is 0 Å². The monoisotopic (exact) mass is 319 g/mol. The van der Waals surface area contributed by atoms with Crippen LogP contribution in [0.15, 0.2) is 78.9 Å². The summed E-state index contributed by atoms with van der Waals surface area (Å²) in [5, 5.41) is 22.0. The van der Waals surface area contributed by atoms with Gasteiger partial charge in [0.05, 0.1) is 0 Å². The minimum atomic E-state index is -1.42. The van der Waals surface area contributed by atoms with Crippen molar-refractivity contribution in [3.05, 3.63) is 95.6 Å². The molecule has 1 unspecified atom stereocenters. The van der Waals surface area contributed by atoms with Gasteiger partial charge in [-0.15, -0.1) is 0 Å². The molecule has 3 heteroatoms. The Labute approximate surface area is 142 Å². The van der Waals surface area contributed by atoms with Crippen LogP contribution in [0.25, 0.3) is 0 Å². The Hall–Kier alpha value is -2.78. The van der Waals surface area contributed by atoms with Crippen molar-refractivity contribution in [2.45, 2.75) is 5.60 Å². The van der Waals surface area contributed by atoms with Gasteiger partial charge in [0, 0.05) is 25.3 Å². The van der Waals surface area contributed by atoms with Crippen LogP contribution in [-0.4, -0.2) is 24.3 Å². The maximum Gasteiger partial charge on any atom is 0.144 e. The second-order valence-corrected chi connectivity index (χ2v) is 6.03. The van der Waals surface area contributed by atoms with E-state index in [-0.39, 0.29) is 5.75 Å². The molecule has 0 spiro atoms. The zero-order valence-electron chi connectivity index (χ0n) is 13.8. The Morgan fingerprint density at radius 3 is 1.83 bits per heavy atom. The topological polar surface area (TPSA) is 43.7 Å². The average Bonchev–Trinajstić information content (AvgIpc) is 2.62. The van der Waals surface area contributed by atoms with Crippen molar-refractivity contribution in [1.29, 1.82) is 0 Å². The molecule has 0 saturated heterocycles. The molecule has 0 amide bonds. The van der Waals surface area contributed by atoms with Crippen LogP contribution in [0.1, 0.15) is 16.7 Å². The number of hydrogen-bond acceptors (Lipinski definition) is 3. The fourth-order valence-electron chi connectivity index (χ4n) is 2.94. The lowest BCUT2D eigenvalue weighted by Gasteiger charge is -2.31. The minimum absolute atomic E-state index is 0.0699. The number of anilines is 1. The fraction of sp³-hybridized carbons (Fsp3) is 0.143. The van der Waals surface area contributed by atoms with Crippen molar-refractivity contribution in [2.24, 2.45) is 0 Å². The number of nitrogens with zero attached hydrogens (tertiary/aromatic N) is 1. The molecule has 3 aromatic rings. The van der Waals surface area contributed by atoms with Crippen molar-refractivity contribution in [2.75, 3.05) is 19.0 Å².